The van der Waals surface area contributed by atoms with Gasteiger partial charge in [-0.1, -0.05) is 6.92 Å². The van der Waals surface area contributed by atoms with Gasteiger partial charge in [0.1, 0.15) is 0 Å². The van der Waals surface area contributed by atoms with Gasteiger partial charge in [0, 0.05) is 22.8 Å². The highest BCUT2D eigenvalue weighted by Crippen LogP contribution is 2.22. The fraction of sp³-hybridized carbons (Fsp3) is 0.667. The summed E-state index contributed by atoms with van der Waals surface area (Å²) >= 11 is 1.88. The molecule has 0 spiro atoms. The van der Waals surface area contributed by atoms with Crippen molar-refractivity contribution in [3.8, 4) is 0 Å². The van der Waals surface area contributed by atoms with E-state index < -0.39 is 0 Å². The van der Waals surface area contributed by atoms with Gasteiger partial charge in [-0.05, 0) is 31.4 Å². The molecule has 0 aliphatic carbocycles. The van der Waals surface area contributed by atoms with Crippen LogP contribution in [0, 0.1) is 0 Å². The van der Waals surface area contributed by atoms with Gasteiger partial charge in [-0.3, -0.25) is 11.3 Å². The molecular formula is C12H20N2OS. The second-order valence-electron chi connectivity index (χ2n) is 4.25. The van der Waals surface area contributed by atoms with Gasteiger partial charge in [-0.15, -0.1) is 11.3 Å². The molecule has 1 fully saturated rings. The Morgan fingerprint density at radius 3 is 2.94 bits per heavy atom. The predicted molar refractivity (Wildman–Crippen MR) is 67.5 cm³/mol. The second kappa shape index (κ2) is 5.77. The van der Waals surface area contributed by atoms with Crippen LogP contribution in [0.3, 0.4) is 0 Å². The van der Waals surface area contributed by atoms with Crippen molar-refractivity contribution in [3.05, 3.63) is 21.9 Å². The Balaban J connectivity index is 1.94. The van der Waals surface area contributed by atoms with Crippen molar-refractivity contribution in [3.63, 3.8) is 0 Å². The normalized spacial score (nSPS) is 22.5. The summed E-state index contributed by atoms with van der Waals surface area (Å²) in [6.45, 7) is 3.07. The van der Waals surface area contributed by atoms with E-state index in [1.54, 1.807) is 0 Å². The lowest BCUT2D eigenvalue weighted by atomic mass is 10.0. The van der Waals surface area contributed by atoms with Crippen LogP contribution in [0.15, 0.2) is 12.1 Å². The van der Waals surface area contributed by atoms with Crippen LogP contribution in [-0.2, 0) is 17.6 Å². The summed E-state index contributed by atoms with van der Waals surface area (Å²) in [7, 11) is 0. The van der Waals surface area contributed by atoms with Crippen LogP contribution in [0.5, 0.6) is 0 Å². The zero-order valence-electron chi connectivity index (χ0n) is 9.74. The minimum atomic E-state index is 0.255. The van der Waals surface area contributed by atoms with E-state index in [2.05, 4.69) is 24.5 Å². The molecule has 1 aliphatic heterocycles. The first kappa shape index (κ1) is 12.0. The van der Waals surface area contributed by atoms with E-state index >= 15 is 0 Å². The van der Waals surface area contributed by atoms with Gasteiger partial charge in [-0.2, -0.15) is 0 Å². The Hall–Kier alpha value is -0.420. The molecule has 2 unspecified atom stereocenters. The third kappa shape index (κ3) is 2.83. The summed E-state index contributed by atoms with van der Waals surface area (Å²) in [5, 5.41) is 0. The maximum Gasteiger partial charge on any atom is 0.0745 e. The van der Waals surface area contributed by atoms with Gasteiger partial charge in [0.15, 0.2) is 0 Å². The fourth-order valence-electron chi connectivity index (χ4n) is 2.16. The van der Waals surface area contributed by atoms with Crippen LogP contribution in [-0.4, -0.2) is 18.8 Å². The first-order chi connectivity index (χ1) is 7.83. The molecule has 1 saturated heterocycles. The Morgan fingerprint density at radius 2 is 2.38 bits per heavy atom. The van der Waals surface area contributed by atoms with E-state index in [0.717, 1.165) is 32.3 Å². The van der Waals surface area contributed by atoms with E-state index in [1.165, 1.54) is 9.75 Å². The molecule has 4 heteroatoms. The molecule has 90 valence electrons. The average molecular weight is 240 g/mol. The first-order valence-electron chi connectivity index (χ1n) is 5.98. The van der Waals surface area contributed by atoms with Gasteiger partial charge in [-0.25, -0.2) is 0 Å². The highest BCUT2D eigenvalue weighted by atomic mass is 32.1. The molecule has 3 nitrogen and oxygen atoms in total. The van der Waals surface area contributed by atoms with Crippen molar-refractivity contribution < 1.29 is 4.74 Å². The molecule has 1 aromatic heterocycles. The summed E-state index contributed by atoms with van der Waals surface area (Å²) in [6, 6.07) is 4.68. The fourth-order valence-corrected chi connectivity index (χ4v) is 3.17. The smallest absolute Gasteiger partial charge is 0.0745 e. The molecule has 0 aromatic carbocycles. The van der Waals surface area contributed by atoms with Gasteiger partial charge in [0.2, 0.25) is 0 Å². The number of aryl methyl sites for hydroxylation is 1. The summed E-state index contributed by atoms with van der Waals surface area (Å²) < 4.78 is 5.67. The molecule has 3 N–H and O–H groups in total. The highest BCUT2D eigenvalue weighted by molar-refractivity contribution is 7.11. The van der Waals surface area contributed by atoms with Crippen molar-refractivity contribution in [2.24, 2.45) is 5.84 Å². The van der Waals surface area contributed by atoms with Gasteiger partial charge in [0.25, 0.3) is 0 Å². The van der Waals surface area contributed by atoms with E-state index in [-0.39, 0.29) is 12.1 Å². The molecular weight excluding hydrogens is 220 g/mol. The minimum absolute atomic E-state index is 0.255. The van der Waals surface area contributed by atoms with Crippen LogP contribution >= 0.6 is 11.3 Å². The molecule has 2 atom stereocenters. The molecule has 0 saturated carbocycles. The van der Waals surface area contributed by atoms with Crippen molar-refractivity contribution in [1.29, 1.82) is 0 Å². The Morgan fingerprint density at radius 1 is 1.56 bits per heavy atom. The number of thiophene rings is 1. The monoisotopic (exact) mass is 240 g/mol. The zero-order valence-corrected chi connectivity index (χ0v) is 10.6. The van der Waals surface area contributed by atoms with Crippen LogP contribution in [0.2, 0.25) is 0 Å². The first-order valence-corrected chi connectivity index (χ1v) is 6.80. The van der Waals surface area contributed by atoms with Crippen molar-refractivity contribution in [2.45, 2.75) is 44.8 Å². The van der Waals surface area contributed by atoms with Crippen LogP contribution < -0.4 is 11.3 Å². The summed E-state index contributed by atoms with van der Waals surface area (Å²) in [5.41, 5.74) is 2.90. The second-order valence-corrected chi connectivity index (χ2v) is 5.50. The molecule has 1 aromatic rings. The van der Waals surface area contributed by atoms with Crippen LogP contribution in [0.4, 0.5) is 0 Å². The molecule has 2 heterocycles. The molecule has 0 amide bonds. The van der Waals surface area contributed by atoms with E-state index in [1.807, 2.05) is 11.3 Å². The summed E-state index contributed by atoms with van der Waals surface area (Å²) in [4.78, 5) is 2.84. The molecule has 2 rings (SSSR count). The number of rotatable bonds is 5. The Kier molecular flexibility index (Phi) is 4.35. The van der Waals surface area contributed by atoms with E-state index in [4.69, 9.17) is 10.6 Å². The molecule has 0 bridgehead atoms. The molecule has 0 radical (unpaired) electrons. The van der Waals surface area contributed by atoms with Crippen molar-refractivity contribution in [1.82, 2.24) is 5.43 Å². The zero-order chi connectivity index (χ0) is 11.4. The van der Waals surface area contributed by atoms with Crippen LogP contribution in [0.1, 0.15) is 29.5 Å². The maximum atomic E-state index is 5.67. The lowest BCUT2D eigenvalue weighted by molar-refractivity contribution is 0.0787. The average Bonchev–Trinajstić information content (AvgIpc) is 2.96. The maximum absolute atomic E-state index is 5.67. The lowest BCUT2D eigenvalue weighted by Crippen LogP contribution is -2.45. The van der Waals surface area contributed by atoms with Crippen molar-refractivity contribution in [2.75, 3.05) is 6.61 Å². The van der Waals surface area contributed by atoms with Gasteiger partial charge < -0.3 is 4.74 Å². The number of ether oxygens (including phenoxy) is 1. The highest BCUT2D eigenvalue weighted by Gasteiger charge is 2.25. The number of hydrogen-bond acceptors (Lipinski definition) is 4. The SMILES string of the molecule is CCc1ccc(CC(NN)C2CCCO2)s1. The van der Waals surface area contributed by atoms with E-state index in [0.29, 0.717) is 0 Å². The summed E-state index contributed by atoms with van der Waals surface area (Å²) in [5.74, 6) is 5.61. The number of hydrazine groups is 1. The Labute approximate surface area is 101 Å². The third-order valence-corrected chi connectivity index (χ3v) is 4.37. The van der Waals surface area contributed by atoms with Crippen LogP contribution in [0.25, 0.3) is 0 Å². The standard InChI is InChI=1S/C12H20N2OS/c1-2-9-5-6-10(16-9)8-11(14-13)12-4-3-7-15-12/h5-6,11-12,14H,2-4,7-8,13H2,1H3. The minimum Gasteiger partial charge on any atom is -0.377 e. The quantitative estimate of drug-likeness (QED) is 0.610. The molecule has 1 aliphatic rings. The van der Waals surface area contributed by atoms with E-state index in [9.17, 15) is 0 Å². The van der Waals surface area contributed by atoms with Gasteiger partial charge in [0.05, 0.1) is 12.1 Å². The third-order valence-electron chi connectivity index (χ3n) is 3.11. The summed E-state index contributed by atoms with van der Waals surface area (Å²) in [6.07, 6.45) is 4.67. The van der Waals surface area contributed by atoms with Crippen molar-refractivity contribution >= 4 is 11.3 Å². The predicted octanol–water partition coefficient (Wildman–Crippen LogP) is 1.86. The largest absolute Gasteiger partial charge is 0.377 e. The Bertz CT molecular complexity index is 321. The number of hydrogen-bond donors (Lipinski definition) is 2. The number of nitrogens with one attached hydrogen (secondary N) is 1. The topological polar surface area (TPSA) is 47.3 Å². The number of nitrogens with two attached hydrogens (primary N) is 1. The lowest BCUT2D eigenvalue weighted by Gasteiger charge is -2.21. The van der Waals surface area contributed by atoms with Gasteiger partial charge >= 0.3 is 0 Å². The molecule has 16 heavy (non-hydrogen) atoms.